The number of aliphatic hydroxyl groups is 1. The molecule has 1 aromatic rings. The monoisotopic (exact) mass is 331 g/mol. The molecule has 0 atom stereocenters. The molecule has 0 aromatic heterocycles. The van der Waals surface area contributed by atoms with Crippen LogP contribution in [-0.4, -0.2) is 66.2 Å². The minimum atomic E-state index is -1.17. The molecule has 24 heavy (non-hydrogen) atoms. The average molecular weight is 331 g/mol. The van der Waals surface area contributed by atoms with Crippen molar-refractivity contribution in [2.75, 3.05) is 45.1 Å². The molecule has 0 unspecified atom stereocenters. The van der Waals surface area contributed by atoms with Gasteiger partial charge in [0.25, 0.3) is 5.91 Å². The van der Waals surface area contributed by atoms with Crippen LogP contribution in [0.15, 0.2) is 24.3 Å². The molecule has 1 amide bonds. The van der Waals surface area contributed by atoms with Gasteiger partial charge < -0.3 is 20.2 Å². The van der Waals surface area contributed by atoms with Gasteiger partial charge in [0.1, 0.15) is 5.60 Å². The Hall–Kier alpha value is -1.43. The van der Waals surface area contributed by atoms with Crippen LogP contribution in [0.3, 0.4) is 0 Å². The van der Waals surface area contributed by atoms with Gasteiger partial charge in [0.05, 0.1) is 0 Å². The van der Waals surface area contributed by atoms with Crippen LogP contribution in [0.1, 0.15) is 31.2 Å². The largest absolute Gasteiger partial charge is 0.380 e. The Bertz CT molecular complexity index is 544. The molecule has 1 heterocycles. The summed E-state index contributed by atoms with van der Waals surface area (Å²) in [5.74, 6) is -0.259. The van der Waals surface area contributed by atoms with Gasteiger partial charge in [-0.15, -0.1) is 0 Å². The van der Waals surface area contributed by atoms with E-state index in [1.165, 1.54) is 5.56 Å². The number of piperazine rings is 1. The Kier molecular flexibility index (Phi) is 5.54. The maximum absolute atomic E-state index is 12.2. The van der Waals surface area contributed by atoms with Gasteiger partial charge in [-0.05, 0) is 56.8 Å². The molecule has 1 saturated carbocycles. The highest BCUT2D eigenvalue weighted by Gasteiger charge is 2.38. The second-order valence-electron chi connectivity index (χ2n) is 7.28. The van der Waals surface area contributed by atoms with Crippen molar-refractivity contribution in [2.24, 2.45) is 0 Å². The van der Waals surface area contributed by atoms with Crippen LogP contribution in [0.5, 0.6) is 0 Å². The summed E-state index contributed by atoms with van der Waals surface area (Å²) in [5, 5.41) is 13.2. The Balaban J connectivity index is 1.47. The summed E-state index contributed by atoms with van der Waals surface area (Å²) < 4.78 is 0. The fourth-order valence-electron chi connectivity index (χ4n) is 3.55. The Labute approximate surface area is 144 Å². The highest BCUT2D eigenvalue weighted by atomic mass is 16.3. The number of likely N-dealkylation sites (N-methyl/N-ethyl adjacent to an activating group) is 1. The molecule has 0 bridgehead atoms. The predicted octanol–water partition coefficient (Wildman–Crippen LogP) is 1.72. The predicted molar refractivity (Wildman–Crippen MR) is 96.1 cm³/mol. The van der Waals surface area contributed by atoms with E-state index in [0.717, 1.165) is 57.7 Å². The van der Waals surface area contributed by atoms with Crippen molar-refractivity contribution in [1.29, 1.82) is 0 Å². The van der Waals surface area contributed by atoms with E-state index < -0.39 is 5.60 Å². The van der Waals surface area contributed by atoms with Gasteiger partial charge >= 0.3 is 0 Å². The molecule has 5 heteroatoms. The summed E-state index contributed by atoms with van der Waals surface area (Å²) in [6.45, 7) is 5.66. The van der Waals surface area contributed by atoms with E-state index in [1.807, 2.05) is 12.1 Å². The first-order valence-electron chi connectivity index (χ1n) is 9.09. The van der Waals surface area contributed by atoms with Crippen LogP contribution in [0.4, 0.5) is 5.69 Å². The fraction of sp³-hybridized carbons (Fsp3) is 0.632. The second-order valence-corrected chi connectivity index (χ2v) is 7.28. The SMILES string of the molecule is CN1CCN(CCc2ccc(NC(=O)C3(O)CCCC3)cc2)CC1. The van der Waals surface area contributed by atoms with Gasteiger partial charge in [-0.2, -0.15) is 0 Å². The van der Waals surface area contributed by atoms with E-state index in [1.54, 1.807) is 0 Å². The summed E-state index contributed by atoms with van der Waals surface area (Å²) in [5.41, 5.74) is 0.885. The van der Waals surface area contributed by atoms with Crippen molar-refractivity contribution in [3.05, 3.63) is 29.8 Å². The van der Waals surface area contributed by atoms with Gasteiger partial charge in [0, 0.05) is 38.4 Å². The lowest BCUT2D eigenvalue weighted by atomic mass is 10.0. The van der Waals surface area contributed by atoms with Crippen LogP contribution in [0, 0.1) is 0 Å². The smallest absolute Gasteiger partial charge is 0.256 e. The standard InChI is InChI=1S/C19H29N3O2/c1-21-12-14-22(15-13-21)11-8-16-4-6-17(7-5-16)20-18(23)19(24)9-2-3-10-19/h4-7,24H,2-3,8-15H2,1H3,(H,20,23). The first kappa shape index (κ1) is 17.4. The number of hydrogen-bond acceptors (Lipinski definition) is 4. The molecule has 1 saturated heterocycles. The molecule has 2 N–H and O–H groups in total. The molecule has 1 aliphatic carbocycles. The highest BCUT2D eigenvalue weighted by molar-refractivity contribution is 5.97. The molecular formula is C19H29N3O2. The van der Waals surface area contributed by atoms with E-state index in [9.17, 15) is 9.90 Å². The summed E-state index contributed by atoms with van der Waals surface area (Å²) in [6.07, 6.45) is 4.02. The molecule has 0 spiro atoms. The van der Waals surface area contributed by atoms with E-state index in [0.29, 0.717) is 12.8 Å². The van der Waals surface area contributed by atoms with Crippen LogP contribution in [0.2, 0.25) is 0 Å². The van der Waals surface area contributed by atoms with Crippen LogP contribution < -0.4 is 5.32 Å². The van der Waals surface area contributed by atoms with E-state index in [4.69, 9.17) is 0 Å². The van der Waals surface area contributed by atoms with Crippen molar-refractivity contribution in [3.63, 3.8) is 0 Å². The van der Waals surface area contributed by atoms with Crippen LogP contribution >= 0.6 is 0 Å². The average Bonchev–Trinajstić information content (AvgIpc) is 3.04. The molecular weight excluding hydrogens is 302 g/mol. The maximum atomic E-state index is 12.2. The van der Waals surface area contributed by atoms with Crippen LogP contribution in [-0.2, 0) is 11.2 Å². The van der Waals surface area contributed by atoms with E-state index in [2.05, 4.69) is 34.3 Å². The third kappa shape index (κ3) is 4.35. The number of anilines is 1. The van der Waals surface area contributed by atoms with E-state index >= 15 is 0 Å². The quantitative estimate of drug-likeness (QED) is 0.863. The van der Waals surface area contributed by atoms with Crippen molar-refractivity contribution in [2.45, 2.75) is 37.7 Å². The summed E-state index contributed by atoms with van der Waals surface area (Å²) in [7, 11) is 2.17. The van der Waals surface area contributed by atoms with Gasteiger partial charge in [0.15, 0.2) is 0 Å². The normalized spacial score (nSPS) is 21.8. The van der Waals surface area contributed by atoms with E-state index in [-0.39, 0.29) is 5.91 Å². The number of nitrogens with one attached hydrogen (secondary N) is 1. The van der Waals surface area contributed by atoms with Gasteiger partial charge in [-0.3, -0.25) is 4.79 Å². The molecule has 0 radical (unpaired) electrons. The Morgan fingerprint density at radius 1 is 1.12 bits per heavy atom. The summed E-state index contributed by atoms with van der Waals surface area (Å²) in [6, 6.07) is 8.03. The molecule has 1 aromatic carbocycles. The molecule has 132 valence electrons. The number of amides is 1. The lowest BCUT2D eigenvalue weighted by Gasteiger charge is -2.32. The maximum Gasteiger partial charge on any atom is 0.256 e. The van der Waals surface area contributed by atoms with Crippen molar-refractivity contribution in [3.8, 4) is 0 Å². The van der Waals surface area contributed by atoms with Crippen molar-refractivity contribution >= 4 is 11.6 Å². The zero-order chi connectivity index (χ0) is 17.0. The third-order valence-corrected chi connectivity index (χ3v) is 5.38. The minimum Gasteiger partial charge on any atom is -0.380 e. The number of hydrogen-bond donors (Lipinski definition) is 2. The number of nitrogens with zero attached hydrogens (tertiary/aromatic N) is 2. The summed E-state index contributed by atoms with van der Waals surface area (Å²) >= 11 is 0. The lowest BCUT2D eigenvalue weighted by molar-refractivity contribution is -0.133. The first-order valence-corrected chi connectivity index (χ1v) is 9.09. The van der Waals surface area contributed by atoms with Gasteiger partial charge in [0.2, 0.25) is 0 Å². The van der Waals surface area contributed by atoms with Gasteiger partial charge in [-0.1, -0.05) is 12.1 Å². The second kappa shape index (κ2) is 7.64. The topological polar surface area (TPSA) is 55.8 Å². The molecule has 2 aliphatic rings. The lowest BCUT2D eigenvalue weighted by Crippen LogP contribution is -2.45. The van der Waals surface area contributed by atoms with Gasteiger partial charge in [-0.25, -0.2) is 0 Å². The zero-order valence-electron chi connectivity index (χ0n) is 14.6. The number of rotatable bonds is 5. The third-order valence-electron chi connectivity index (χ3n) is 5.38. The van der Waals surface area contributed by atoms with Crippen molar-refractivity contribution in [1.82, 2.24) is 9.80 Å². The minimum absolute atomic E-state index is 0.259. The first-order chi connectivity index (χ1) is 11.5. The highest BCUT2D eigenvalue weighted by Crippen LogP contribution is 2.30. The molecule has 5 nitrogen and oxygen atoms in total. The molecule has 3 rings (SSSR count). The number of benzene rings is 1. The Morgan fingerprint density at radius 2 is 1.75 bits per heavy atom. The Morgan fingerprint density at radius 3 is 2.38 bits per heavy atom. The number of carbonyl (C=O) groups is 1. The van der Waals surface area contributed by atoms with Crippen LogP contribution in [0.25, 0.3) is 0 Å². The summed E-state index contributed by atoms with van der Waals surface area (Å²) in [4.78, 5) is 17.1. The fourth-order valence-corrected chi connectivity index (χ4v) is 3.55. The van der Waals surface area contributed by atoms with Crippen molar-refractivity contribution < 1.29 is 9.90 Å². The number of carbonyl (C=O) groups excluding carboxylic acids is 1. The molecule has 1 aliphatic heterocycles. The zero-order valence-corrected chi connectivity index (χ0v) is 14.6. The molecule has 2 fully saturated rings.